The number of rotatable bonds is 0. The molecule has 1 saturated carbocycles. The van der Waals surface area contributed by atoms with Crippen LogP contribution in [-0.4, -0.2) is 24.5 Å². The predicted molar refractivity (Wildman–Crippen MR) is 43.4 cm³/mol. The van der Waals surface area contributed by atoms with Crippen LogP contribution in [0, 0.1) is 11.8 Å². The second-order valence-electron chi connectivity index (χ2n) is 4.51. The van der Waals surface area contributed by atoms with E-state index in [1.807, 2.05) is 0 Å². The summed E-state index contributed by atoms with van der Waals surface area (Å²) in [5, 5.41) is 0. The summed E-state index contributed by atoms with van der Waals surface area (Å²) in [6, 6.07) is 0.224. The summed E-state index contributed by atoms with van der Waals surface area (Å²) >= 11 is 0. The van der Waals surface area contributed by atoms with Crippen molar-refractivity contribution >= 4 is 0 Å². The fraction of sp³-hybridized carbons (Fsp3) is 1.00. The lowest BCUT2D eigenvalue weighted by Crippen LogP contribution is -2.58. The van der Waals surface area contributed by atoms with Crippen LogP contribution >= 0.6 is 0 Å². The molecule has 3 aliphatic heterocycles. The zero-order valence-electron chi connectivity index (χ0n) is 7.32. The largest absolute Gasteiger partial charge is 0.352 e. The van der Waals surface area contributed by atoms with Gasteiger partial charge in [-0.1, -0.05) is 0 Å². The summed E-state index contributed by atoms with van der Waals surface area (Å²) in [5.41, 5.74) is 5.98. The Kier molecular flexibility index (Phi) is 1.23. The molecule has 0 aromatic carbocycles. The van der Waals surface area contributed by atoms with Crippen LogP contribution < -0.4 is 5.73 Å². The maximum Gasteiger partial charge on any atom is 0.158 e. The van der Waals surface area contributed by atoms with Crippen molar-refractivity contribution in [2.45, 2.75) is 37.7 Å². The average Bonchev–Trinajstić information content (AvgIpc) is 2.20. The van der Waals surface area contributed by atoms with Crippen molar-refractivity contribution in [3.63, 3.8) is 0 Å². The van der Waals surface area contributed by atoms with Gasteiger partial charge in [-0.2, -0.15) is 0 Å². The van der Waals surface area contributed by atoms with Gasteiger partial charge in [0.25, 0.3) is 0 Å². The minimum Gasteiger partial charge on any atom is -0.352 e. The average molecular weight is 169 g/mol. The second kappa shape index (κ2) is 2.03. The first kappa shape index (κ1) is 7.30. The zero-order chi connectivity index (χ0) is 8.34. The lowest BCUT2D eigenvalue weighted by atomic mass is 9.81. The molecule has 3 heterocycles. The van der Waals surface area contributed by atoms with Crippen LogP contribution in [0.1, 0.15) is 19.8 Å². The lowest BCUT2D eigenvalue weighted by Gasteiger charge is -2.48. The quantitative estimate of drug-likeness (QED) is 0.574. The van der Waals surface area contributed by atoms with E-state index in [-0.39, 0.29) is 17.9 Å². The van der Waals surface area contributed by atoms with Gasteiger partial charge in [0, 0.05) is 18.4 Å². The molecular weight excluding hydrogens is 154 g/mol. The molecule has 2 N–H and O–H groups in total. The Labute approximate surface area is 72.2 Å². The van der Waals surface area contributed by atoms with E-state index in [0.29, 0.717) is 5.92 Å². The smallest absolute Gasteiger partial charge is 0.158 e. The molecule has 0 radical (unpaired) electrons. The minimum absolute atomic E-state index is 0.0403. The van der Waals surface area contributed by atoms with E-state index in [1.165, 1.54) is 0 Å². The SMILES string of the molecule is CC12OC3CC(CC1N)C2CO3. The molecular formula is C9H15NO2. The predicted octanol–water partition coefficient (Wildman–Crippen LogP) is 0.485. The summed E-state index contributed by atoms with van der Waals surface area (Å²) in [7, 11) is 0. The van der Waals surface area contributed by atoms with Crippen molar-refractivity contribution in [1.82, 2.24) is 0 Å². The third-order valence-electron chi connectivity index (χ3n) is 3.94. The highest BCUT2D eigenvalue weighted by Crippen LogP contribution is 2.52. The van der Waals surface area contributed by atoms with Gasteiger partial charge in [0.2, 0.25) is 0 Å². The highest BCUT2D eigenvalue weighted by molar-refractivity contribution is 5.08. The first-order valence-electron chi connectivity index (χ1n) is 4.75. The second-order valence-corrected chi connectivity index (χ2v) is 4.51. The van der Waals surface area contributed by atoms with Gasteiger partial charge in [0.1, 0.15) is 0 Å². The van der Waals surface area contributed by atoms with Gasteiger partial charge < -0.3 is 15.2 Å². The maximum atomic E-state index is 6.06. The molecule has 0 amide bonds. The summed E-state index contributed by atoms with van der Waals surface area (Å²) < 4.78 is 11.3. The van der Waals surface area contributed by atoms with Crippen LogP contribution in [0.2, 0.25) is 0 Å². The van der Waals surface area contributed by atoms with Crippen LogP contribution in [-0.2, 0) is 9.47 Å². The van der Waals surface area contributed by atoms with Gasteiger partial charge in [0.05, 0.1) is 12.2 Å². The molecule has 4 bridgehead atoms. The van der Waals surface area contributed by atoms with Gasteiger partial charge in [-0.15, -0.1) is 0 Å². The van der Waals surface area contributed by atoms with Crippen LogP contribution in [0.5, 0.6) is 0 Å². The summed E-state index contributed by atoms with van der Waals surface area (Å²) in [4.78, 5) is 0. The van der Waals surface area contributed by atoms with E-state index >= 15 is 0 Å². The molecule has 68 valence electrons. The molecule has 0 aromatic rings. The molecule has 0 spiro atoms. The van der Waals surface area contributed by atoms with Gasteiger partial charge in [0.15, 0.2) is 6.29 Å². The first-order chi connectivity index (χ1) is 5.70. The molecule has 3 nitrogen and oxygen atoms in total. The first-order valence-corrected chi connectivity index (χ1v) is 4.75. The third kappa shape index (κ3) is 0.679. The molecule has 4 aliphatic rings. The van der Waals surface area contributed by atoms with Crippen molar-refractivity contribution in [3.05, 3.63) is 0 Å². The van der Waals surface area contributed by atoms with Crippen LogP contribution in [0.4, 0.5) is 0 Å². The van der Waals surface area contributed by atoms with E-state index in [4.69, 9.17) is 15.2 Å². The van der Waals surface area contributed by atoms with Gasteiger partial charge in [-0.05, 0) is 19.3 Å². The summed E-state index contributed by atoms with van der Waals surface area (Å²) in [6.45, 7) is 3.01. The van der Waals surface area contributed by atoms with E-state index in [1.54, 1.807) is 0 Å². The Hall–Kier alpha value is -0.120. The molecule has 3 saturated heterocycles. The number of hydrogen-bond acceptors (Lipinski definition) is 3. The molecule has 1 aliphatic carbocycles. The molecule has 0 aromatic heterocycles. The fourth-order valence-corrected chi connectivity index (χ4v) is 3.10. The molecule has 12 heavy (non-hydrogen) atoms. The van der Waals surface area contributed by atoms with Crippen LogP contribution in [0.25, 0.3) is 0 Å². The van der Waals surface area contributed by atoms with Crippen molar-refractivity contribution in [1.29, 1.82) is 0 Å². The lowest BCUT2D eigenvalue weighted by molar-refractivity contribution is -0.308. The highest BCUT2D eigenvalue weighted by atomic mass is 16.7. The number of fused-ring (bicyclic) bond motifs is 1. The van der Waals surface area contributed by atoms with Crippen molar-refractivity contribution in [3.8, 4) is 0 Å². The molecule has 5 unspecified atom stereocenters. The Morgan fingerprint density at radius 3 is 2.83 bits per heavy atom. The van der Waals surface area contributed by atoms with Gasteiger partial charge in [-0.25, -0.2) is 0 Å². The summed E-state index contributed by atoms with van der Waals surface area (Å²) in [6.07, 6.45) is 2.23. The zero-order valence-corrected chi connectivity index (χ0v) is 7.32. The third-order valence-corrected chi connectivity index (χ3v) is 3.94. The fourth-order valence-electron chi connectivity index (χ4n) is 3.10. The molecule has 4 fully saturated rings. The standard InChI is InChI=1S/C9H15NO2/c1-9-6-4-11-8(12-9)3-5(6)2-7(9)10/h5-8H,2-4,10H2,1H3. The molecule has 5 atom stereocenters. The van der Waals surface area contributed by atoms with E-state index in [2.05, 4.69) is 6.92 Å². The van der Waals surface area contributed by atoms with Gasteiger partial charge in [-0.3, -0.25) is 0 Å². The highest BCUT2D eigenvalue weighted by Gasteiger charge is 2.59. The van der Waals surface area contributed by atoms with Gasteiger partial charge >= 0.3 is 0 Å². The van der Waals surface area contributed by atoms with Crippen LogP contribution in [0.3, 0.4) is 0 Å². The minimum atomic E-state index is -0.0775. The van der Waals surface area contributed by atoms with E-state index in [9.17, 15) is 0 Å². The van der Waals surface area contributed by atoms with Crippen molar-refractivity contribution in [2.24, 2.45) is 17.6 Å². The van der Waals surface area contributed by atoms with Crippen LogP contribution in [0.15, 0.2) is 0 Å². The molecule has 3 heteroatoms. The topological polar surface area (TPSA) is 44.5 Å². The number of nitrogens with two attached hydrogens (primary N) is 1. The Bertz CT molecular complexity index is 221. The Morgan fingerprint density at radius 2 is 2.25 bits per heavy atom. The van der Waals surface area contributed by atoms with E-state index in [0.717, 1.165) is 25.4 Å². The Balaban J connectivity index is 2.01. The van der Waals surface area contributed by atoms with Crippen molar-refractivity contribution < 1.29 is 9.47 Å². The van der Waals surface area contributed by atoms with E-state index < -0.39 is 0 Å². The Morgan fingerprint density at radius 1 is 1.42 bits per heavy atom. The van der Waals surface area contributed by atoms with Crippen molar-refractivity contribution in [2.75, 3.05) is 6.61 Å². The summed E-state index contributed by atoms with van der Waals surface area (Å²) in [5.74, 6) is 1.31. The maximum absolute atomic E-state index is 6.06. The number of ether oxygens (including phenoxy) is 2. The molecule has 4 rings (SSSR count). The number of hydrogen-bond donors (Lipinski definition) is 1. The normalized spacial score (nSPS) is 62.5. The monoisotopic (exact) mass is 169 g/mol.